The molecule has 0 atom stereocenters. The van der Waals surface area contributed by atoms with E-state index < -0.39 is 0 Å². The molecular weight excluding hydrogens is 268 g/mol. The van der Waals surface area contributed by atoms with Crippen LogP contribution in [-0.2, 0) is 0 Å². The molecule has 2 N–H and O–H groups in total. The maximum absolute atomic E-state index is 11.8. The number of ether oxygens (including phenoxy) is 1. The van der Waals surface area contributed by atoms with Crippen LogP contribution in [0.2, 0.25) is 0 Å². The van der Waals surface area contributed by atoms with E-state index in [2.05, 4.69) is 10.5 Å². The minimum atomic E-state index is -0.381. The molecule has 0 aromatic heterocycles. The molecule has 0 bridgehead atoms. The van der Waals surface area contributed by atoms with E-state index in [1.54, 1.807) is 12.1 Å². The first-order valence-corrected chi connectivity index (χ1v) is 6.54. The summed E-state index contributed by atoms with van der Waals surface area (Å²) in [7, 11) is 0. The molecule has 2 aromatic carbocycles. The van der Waals surface area contributed by atoms with Crippen molar-refractivity contribution in [2.24, 2.45) is 5.10 Å². The molecule has 108 valence electrons. The Balaban J connectivity index is 1.94. The fourth-order valence-electron chi connectivity index (χ4n) is 1.69. The predicted molar refractivity (Wildman–Crippen MR) is 80.8 cm³/mol. The average Bonchev–Trinajstić information content (AvgIpc) is 2.49. The lowest BCUT2D eigenvalue weighted by Gasteiger charge is -2.02. The number of rotatable bonds is 5. The molecule has 5 heteroatoms. The van der Waals surface area contributed by atoms with Crippen molar-refractivity contribution in [1.29, 1.82) is 0 Å². The van der Waals surface area contributed by atoms with Crippen LogP contribution in [0.25, 0.3) is 0 Å². The van der Waals surface area contributed by atoms with E-state index in [0.717, 1.165) is 11.3 Å². The highest BCUT2D eigenvalue weighted by Gasteiger charge is 2.04. The van der Waals surface area contributed by atoms with Gasteiger partial charge in [-0.05, 0) is 55.0 Å². The third-order valence-electron chi connectivity index (χ3n) is 2.68. The Morgan fingerprint density at radius 1 is 1.29 bits per heavy atom. The van der Waals surface area contributed by atoms with E-state index in [4.69, 9.17) is 4.74 Å². The monoisotopic (exact) mass is 284 g/mol. The maximum Gasteiger partial charge on any atom is 0.271 e. The summed E-state index contributed by atoms with van der Waals surface area (Å²) >= 11 is 0. The van der Waals surface area contributed by atoms with Crippen LogP contribution in [0.5, 0.6) is 11.5 Å². The fourth-order valence-corrected chi connectivity index (χ4v) is 1.69. The molecule has 0 aliphatic carbocycles. The summed E-state index contributed by atoms with van der Waals surface area (Å²) in [4.78, 5) is 11.8. The second kappa shape index (κ2) is 7.09. The number of carbonyl (C=O) groups excluding carboxylic acids is 1. The number of nitrogens with zero attached hydrogens (tertiary/aromatic N) is 1. The van der Waals surface area contributed by atoms with Gasteiger partial charge in [-0.2, -0.15) is 5.10 Å². The lowest BCUT2D eigenvalue weighted by molar-refractivity contribution is 0.0954. The second-order valence-electron chi connectivity index (χ2n) is 4.25. The van der Waals surface area contributed by atoms with Crippen LogP contribution < -0.4 is 10.2 Å². The van der Waals surface area contributed by atoms with E-state index in [-0.39, 0.29) is 11.7 Å². The molecule has 0 aliphatic heterocycles. The molecule has 5 nitrogen and oxygen atoms in total. The van der Waals surface area contributed by atoms with Gasteiger partial charge in [-0.3, -0.25) is 4.79 Å². The topological polar surface area (TPSA) is 70.9 Å². The van der Waals surface area contributed by atoms with E-state index in [1.165, 1.54) is 18.3 Å². The van der Waals surface area contributed by atoms with E-state index in [1.807, 2.05) is 31.2 Å². The largest absolute Gasteiger partial charge is 0.508 e. The maximum atomic E-state index is 11.8. The van der Waals surface area contributed by atoms with Gasteiger partial charge < -0.3 is 9.84 Å². The quantitative estimate of drug-likeness (QED) is 0.654. The van der Waals surface area contributed by atoms with E-state index in [9.17, 15) is 9.90 Å². The van der Waals surface area contributed by atoms with E-state index >= 15 is 0 Å². The first-order chi connectivity index (χ1) is 10.2. The summed E-state index contributed by atoms with van der Waals surface area (Å²) in [6, 6.07) is 13.4. The number of benzene rings is 2. The molecule has 2 aromatic rings. The number of hydrogen-bond acceptors (Lipinski definition) is 4. The normalized spacial score (nSPS) is 10.5. The Kier molecular flexibility index (Phi) is 4.93. The van der Waals surface area contributed by atoms with Crippen molar-refractivity contribution in [2.45, 2.75) is 6.92 Å². The third kappa shape index (κ3) is 4.35. The van der Waals surface area contributed by atoms with Crippen LogP contribution in [0, 0.1) is 0 Å². The highest BCUT2D eigenvalue weighted by atomic mass is 16.5. The standard InChI is InChI=1S/C16H16N2O3/c1-2-21-15-8-6-12(7-9-15)11-17-18-16(20)13-4-3-5-14(19)10-13/h3-11,19H,2H2,1H3,(H,18,20)/b17-11-. The molecule has 0 aliphatic rings. The van der Waals surface area contributed by atoms with Gasteiger partial charge in [0.25, 0.3) is 5.91 Å². The van der Waals surface area contributed by atoms with Gasteiger partial charge in [0.2, 0.25) is 0 Å². The van der Waals surface area contributed by atoms with Gasteiger partial charge in [-0.15, -0.1) is 0 Å². The lowest BCUT2D eigenvalue weighted by atomic mass is 10.2. The van der Waals surface area contributed by atoms with Crippen molar-refractivity contribution in [1.82, 2.24) is 5.43 Å². The van der Waals surface area contributed by atoms with Crippen molar-refractivity contribution in [3.05, 3.63) is 59.7 Å². The van der Waals surface area contributed by atoms with Gasteiger partial charge in [0.05, 0.1) is 12.8 Å². The van der Waals surface area contributed by atoms with Gasteiger partial charge >= 0.3 is 0 Å². The van der Waals surface area contributed by atoms with Gasteiger partial charge in [-0.1, -0.05) is 6.07 Å². The molecule has 0 radical (unpaired) electrons. The minimum Gasteiger partial charge on any atom is -0.508 e. The minimum absolute atomic E-state index is 0.0399. The molecule has 0 saturated carbocycles. The predicted octanol–water partition coefficient (Wildman–Crippen LogP) is 2.55. The summed E-state index contributed by atoms with van der Waals surface area (Å²) < 4.78 is 5.33. The highest BCUT2D eigenvalue weighted by Crippen LogP contribution is 2.11. The molecular formula is C16H16N2O3. The molecule has 1 amide bonds. The fraction of sp³-hybridized carbons (Fsp3) is 0.125. The SMILES string of the molecule is CCOc1ccc(/C=N\NC(=O)c2cccc(O)c2)cc1. The Bertz CT molecular complexity index is 636. The molecule has 0 spiro atoms. The van der Waals surface area contributed by atoms with Crippen LogP contribution in [0.3, 0.4) is 0 Å². The Morgan fingerprint density at radius 2 is 2.05 bits per heavy atom. The number of phenolic OH excluding ortho intramolecular Hbond substituents is 1. The van der Waals surface area contributed by atoms with Crippen LogP contribution >= 0.6 is 0 Å². The van der Waals surface area contributed by atoms with Crippen LogP contribution in [0.1, 0.15) is 22.8 Å². The van der Waals surface area contributed by atoms with Gasteiger partial charge in [0, 0.05) is 5.56 Å². The van der Waals surface area contributed by atoms with Crippen molar-refractivity contribution >= 4 is 12.1 Å². The van der Waals surface area contributed by atoms with Crippen LogP contribution in [0.4, 0.5) is 0 Å². The zero-order valence-electron chi connectivity index (χ0n) is 11.6. The first-order valence-electron chi connectivity index (χ1n) is 6.54. The first kappa shape index (κ1) is 14.6. The zero-order chi connectivity index (χ0) is 15.1. The van der Waals surface area contributed by atoms with Crippen molar-refractivity contribution in [3.63, 3.8) is 0 Å². The van der Waals surface area contributed by atoms with Crippen LogP contribution in [0.15, 0.2) is 53.6 Å². The smallest absolute Gasteiger partial charge is 0.271 e. The third-order valence-corrected chi connectivity index (χ3v) is 2.68. The molecule has 0 saturated heterocycles. The van der Waals surface area contributed by atoms with Crippen molar-refractivity contribution in [3.8, 4) is 11.5 Å². The molecule has 0 fully saturated rings. The zero-order valence-corrected chi connectivity index (χ0v) is 11.6. The molecule has 0 unspecified atom stereocenters. The molecule has 0 heterocycles. The Hall–Kier alpha value is -2.82. The van der Waals surface area contributed by atoms with Crippen LogP contribution in [-0.4, -0.2) is 23.8 Å². The van der Waals surface area contributed by atoms with Gasteiger partial charge in [0.1, 0.15) is 11.5 Å². The number of hydrazone groups is 1. The number of hydrogen-bond donors (Lipinski definition) is 2. The van der Waals surface area contributed by atoms with E-state index in [0.29, 0.717) is 12.2 Å². The highest BCUT2D eigenvalue weighted by molar-refractivity contribution is 5.95. The van der Waals surface area contributed by atoms with Crippen molar-refractivity contribution < 1.29 is 14.6 Å². The number of phenols is 1. The molecule has 2 rings (SSSR count). The summed E-state index contributed by atoms with van der Waals surface area (Å²) in [6.45, 7) is 2.54. The van der Waals surface area contributed by atoms with Crippen molar-refractivity contribution in [2.75, 3.05) is 6.61 Å². The second-order valence-corrected chi connectivity index (χ2v) is 4.25. The Labute approximate surface area is 122 Å². The summed E-state index contributed by atoms with van der Waals surface area (Å²) in [6.07, 6.45) is 1.54. The summed E-state index contributed by atoms with van der Waals surface area (Å²) in [5, 5.41) is 13.2. The average molecular weight is 284 g/mol. The van der Waals surface area contributed by atoms with Gasteiger partial charge in [0.15, 0.2) is 0 Å². The Morgan fingerprint density at radius 3 is 2.71 bits per heavy atom. The number of nitrogens with one attached hydrogen (secondary N) is 1. The lowest BCUT2D eigenvalue weighted by Crippen LogP contribution is -2.17. The molecule has 21 heavy (non-hydrogen) atoms. The number of amides is 1. The number of aromatic hydroxyl groups is 1. The number of carbonyl (C=O) groups is 1. The van der Waals surface area contributed by atoms with Gasteiger partial charge in [-0.25, -0.2) is 5.43 Å². The summed E-state index contributed by atoms with van der Waals surface area (Å²) in [5.41, 5.74) is 3.59. The summed E-state index contributed by atoms with van der Waals surface area (Å²) in [5.74, 6) is 0.449.